The van der Waals surface area contributed by atoms with E-state index in [2.05, 4.69) is 41.3 Å². The van der Waals surface area contributed by atoms with Gasteiger partial charge in [0.15, 0.2) is 5.96 Å². The third-order valence-corrected chi connectivity index (χ3v) is 4.28. The average Bonchev–Trinajstić information content (AvgIpc) is 3.19. The van der Waals surface area contributed by atoms with Gasteiger partial charge in [0, 0.05) is 44.8 Å². The van der Waals surface area contributed by atoms with E-state index in [0.717, 1.165) is 25.0 Å². The van der Waals surface area contributed by atoms with Gasteiger partial charge in [-0.1, -0.05) is 0 Å². The van der Waals surface area contributed by atoms with Crippen molar-refractivity contribution >= 4 is 35.8 Å². The fourth-order valence-corrected chi connectivity index (χ4v) is 2.96. The van der Waals surface area contributed by atoms with Crippen molar-refractivity contribution in [2.75, 3.05) is 27.2 Å². The molecule has 134 valence electrons. The van der Waals surface area contributed by atoms with Crippen molar-refractivity contribution in [3.05, 3.63) is 0 Å². The van der Waals surface area contributed by atoms with Gasteiger partial charge in [-0.15, -0.1) is 24.0 Å². The van der Waals surface area contributed by atoms with Gasteiger partial charge in [0.25, 0.3) is 0 Å². The highest BCUT2D eigenvalue weighted by molar-refractivity contribution is 14.0. The first kappa shape index (κ1) is 20.5. The molecule has 0 radical (unpaired) electrons. The molecule has 1 aliphatic carbocycles. The first-order valence-electron chi connectivity index (χ1n) is 8.40. The number of nitrogens with one attached hydrogen (secondary N) is 2. The summed E-state index contributed by atoms with van der Waals surface area (Å²) in [6.45, 7) is 7.73. The van der Waals surface area contributed by atoms with Gasteiger partial charge in [0.2, 0.25) is 5.91 Å². The number of halogens is 1. The minimum atomic E-state index is 0. The van der Waals surface area contributed by atoms with Gasteiger partial charge in [0.05, 0.1) is 0 Å². The molecule has 2 atom stereocenters. The van der Waals surface area contributed by atoms with E-state index in [1.807, 2.05) is 0 Å². The number of amides is 1. The van der Waals surface area contributed by atoms with Crippen molar-refractivity contribution in [3.8, 4) is 0 Å². The van der Waals surface area contributed by atoms with E-state index in [0.29, 0.717) is 18.1 Å². The molecule has 1 saturated heterocycles. The topological polar surface area (TPSA) is 60.0 Å². The molecule has 0 aromatic rings. The fraction of sp³-hybridized carbons (Fsp3) is 0.875. The van der Waals surface area contributed by atoms with Gasteiger partial charge in [-0.05, 0) is 40.0 Å². The van der Waals surface area contributed by atoms with Crippen molar-refractivity contribution in [2.45, 2.75) is 64.2 Å². The van der Waals surface area contributed by atoms with Gasteiger partial charge in [-0.25, -0.2) is 4.99 Å². The third-order valence-electron chi connectivity index (χ3n) is 4.28. The number of carbonyl (C=O) groups excluding carboxylic acids is 1. The Balaban J connectivity index is 0.00000264. The van der Waals surface area contributed by atoms with Crippen LogP contribution in [0.25, 0.3) is 0 Å². The number of likely N-dealkylation sites (tertiary alicyclic amines) is 1. The van der Waals surface area contributed by atoms with E-state index in [4.69, 9.17) is 0 Å². The predicted octanol–water partition coefficient (Wildman–Crippen LogP) is 1.26. The summed E-state index contributed by atoms with van der Waals surface area (Å²) < 4.78 is 0. The molecule has 1 heterocycles. The standard InChI is InChI=1S/C16H31N5O.HI/c1-11(2)18-16(17-9-15(22)20(4)5)19-13-8-12(3)21(10-13)14-6-7-14;/h11-14H,6-10H2,1-5H3,(H2,17,18,19);1H. The first-order valence-corrected chi connectivity index (χ1v) is 8.40. The molecule has 7 heteroatoms. The summed E-state index contributed by atoms with van der Waals surface area (Å²) in [5, 5.41) is 6.84. The lowest BCUT2D eigenvalue weighted by Gasteiger charge is -2.21. The van der Waals surface area contributed by atoms with Crippen molar-refractivity contribution < 1.29 is 4.79 Å². The Morgan fingerprint density at radius 2 is 2.00 bits per heavy atom. The smallest absolute Gasteiger partial charge is 0.243 e. The summed E-state index contributed by atoms with van der Waals surface area (Å²) >= 11 is 0. The summed E-state index contributed by atoms with van der Waals surface area (Å²) in [7, 11) is 3.51. The van der Waals surface area contributed by atoms with Crippen molar-refractivity contribution in [2.24, 2.45) is 4.99 Å². The molecule has 0 aromatic carbocycles. The second kappa shape index (κ2) is 9.05. The lowest BCUT2D eigenvalue weighted by Crippen LogP contribution is -2.47. The molecular weight excluding hydrogens is 405 g/mol. The number of hydrogen-bond donors (Lipinski definition) is 2. The van der Waals surface area contributed by atoms with Gasteiger partial charge in [0.1, 0.15) is 6.54 Å². The van der Waals surface area contributed by atoms with Gasteiger partial charge >= 0.3 is 0 Å². The molecule has 1 saturated carbocycles. The third kappa shape index (κ3) is 6.45. The van der Waals surface area contributed by atoms with Crippen LogP contribution in [0.15, 0.2) is 4.99 Å². The van der Waals surface area contributed by atoms with Crippen LogP contribution in [0.1, 0.15) is 40.0 Å². The second-order valence-corrected chi connectivity index (χ2v) is 7.11. The van der Waals surface area contributed by atoms with E-state index in [1.54, 1.807) is 19.0 Å². The minimum Gasteiger partial charge on any atom is -0.354 e. The maximum Gasteiger partial charge on any atom is 0.243 e. The normalized spacial score (nSPS) is 25.2. The summed E-state index contributed by atoms with van der Waals surface area (Å²) in [4.78, 5) is 20.3. The van der Waals surface area contributed by atoms with Crippen LogP contribution >= 0.6 is 24.0 Å². The van der Waals surface area contributed by atoms with Crippen LogP contribution in [0.5, 0.6) is 0 Å². The number of rotatable bonds is 5. The Labute approximate surface area is 157 Å². The van der Waals surface area contributed by atoms with Crippen LogP contribution < -0.4 is 10.6 Å². The summed E-state index contributed by atoms with van der Waals surface area (Å²) in [6, 6.07) is 2.14. The Bertz CT molecular complexity index is 423. The zero-order valence-electron chi connectivity index (χ0n) is 15.0. The number of likely N-dealkylation sites (N-methyl/N-ethyl adjacent to an activating group) is 1. The van der Waals surface area contributed by atoms with Crippen molar-refractivity contribution in [1.82, 2.24) is 20.4 Å². The summed E-state index contributed by atoms with van der Waals surface area (Å²) in [5.41, 5.74) is 0. The molecule has 23 heavy (non-hydrogen) atoms. The Morgan fingerprint density at radius 3 is 2.52 bits per heavy atom. The van der Waals surface area contributed by atoms with E-state index in [1.165, 1.54) is 12.8 Å². The number of nitrogens with zero attached hydrogens (tertiary/aromatic N) is 3. The quantitative estimate of drug-likeness (QED) is 0.387. The largest absolute Gasteiger partial charge is 0.354 e. The molecular formula is C16H32IN5O. The number of aliphatic imine (C=N–C) groups is 1. The van der Waals surface area contributed by atoms with Gasteiger partial charge in [-0.2, -0.15) is 0 Å². The number of carbonyl (C=O) groups is 1. The Morgan fingerprint density at radius 1 is 1.35 bits per heavy atom. The molecule has 2 N–H and O–H groups in total. The molecule has 2 aliphatic rings. The maximum absolute atomic E-state index is 11.7. The van der Waals surface area contributed by atoms with E-state index >= 15 is 0 Å². The van der Waals surface area contributed by atoms with Crippen LogP contribution in [0, 0.1) is 0 Å². The van der Waals surface area contributed by atoms with Crippen LogP contribution in [-0.4, -0.2) is 73.0 Å². The summed E-state index contributed by atoms with van der Waals surface area (Å²) in [5.74, 6) is 0.768. The molecule has 0 bridgehead atoms. The second-order valence-electron chi connectivity index (χ2n) is 7.11. The van der Waals surface area contributed by atoms with Crippen LogP contribution in [0.4, 0.5) is 0 Å². The predicted molar refractivity (Wildman–Crippen MR) is 105 cm³/mol. The van der Waals surface area contributed by atoms with E-state index < -0.39 is 0 Å². The highest BCUT2D eigenvalue weighted by Crippen LogP contribution is 2.33. The first-order chi connectivity index (χ1) is 10.4. The lowest BCUT2D eigenvalue weighted by molar-refractivity contribution is -0.127. The highest BCUT2D eigenvalue weighted by Gasteiger charge is 2.38. The monoisotopic (exact) mass is 437 g/mol. The van der Waals surface area contributed by atoms with E-state index in [9.17, 15) is 4.79 Å². The molecule has 1 amide bonds. The SMILES string of the molecule is CC(C)NC(=NCC(=O)N(C)C)NC1CC(C)N(C2CC2)C1.I. The van der Waals surface area contributed by atoms with E-state index in [-0.39, 0.29) is 36.4 Å². The number of guanidine groups is 1. The highest BCUT2D eigenvalue weighted by atomic mass is 127. The molecule has 6 nitrogen and oxygen atoms in total. The maximum atomic E-state index is 11.7. The number of hydrogen-bond acceptors (Lipinski definition) is 3. The molecule has 0 spiro atoms. The zero-order valence-corrected chi connectivity index (χ0v) is 17.3. The van der Waals surface area contributed by atoms with Crippen LogP contribution in [0.3, 0.4) is 0 Å². The molecule has 1 aliphatic heterocycles. The van der Waals surface area contributed by atoms with Gasteiger partial charge < -0.3 is 15.5 Å². The van der Waals surface area contributed by atoms with Gasteiger partial charge in [-0.3, -0.25) is 9.69 Å². The van der Waals surface area contributed by atoms with Crippen LogP contribution in [0.2, 0.25) is 0 Å². The fourth-order valence-electron chi connectivity index (χ4n) is 2.96. The zero-order chi connectivity index (χ0) is 16.3. The van der Waals surface area contributed by atoms with Crippen LogP contribution in [-0.2, 0) is 4.79 Å². The molecule has 2 rings (SSSR count). The van der Waals surface area contributed by atoms with Crippen molar-refractivity contribution in [3.63, 3.8) is 0 Å². The lowest BCUT2D eigenvalue weighted by atomic mass is 10.2. The minimum absolute atomic E-state index is 0. The Kier molecular flexibility index (Phi) is 8.06. The Hall–Kier alpha value is -0.570. The average molecular weight is 437 g/mol. The summed E-state index contributed by atoms with van der Waals surface area (Å²) in [6.07, 6.45) is 3.83. The molecule has 2 unspecified atom stereocenters. The molecule has 2 fully saturated rings. The molecule has 0 aromatic heterocycles. The van der Waals surface area contributed by atoms with Crippen molar-refractivity contribution in [1.29, 1.82) is 0 Å².